The molecule has 4 heterocycles. The Labute approximate surface area is 170 Å². The number of alkyl halides is 6. The quantitative estimate of drug-likeness (QED) is 0.624. The molecule has 1 N–H and O–H groups in total. The summed E-state index contributed by atoms with van der Waals surface area (Å²) in [5.74, 6) is -0.738. The maximum absolute atomic E-state index is 12.9. The molecule has 7 nitrogen and oxygen atoms in total. The van der Waals surface area contributed by atoms with Crippen molar-refractivity contribution in [1.29, 1.82) is 0 Å². The van der Waals surface area contributed by atoms with Gasteiger partial charge in [-0.3, -0.25) is 14.5 Å². The number of aryl methyl sites for hydroxylation is 2. The van der Waals surface area contributed by atoms with Gasteiger partial charge in [0.15, 0.2) is 0 Å². The van der Waals surface area contributed by atoms with Gasteiger partial charge in [0.25, 0.3) is 5.91 Å². The molecule has 164 valence electrons. The van der Waals surface area contributed by atoms with Crippen LogP contribution in [0.2, 0.25) is 0 Å². The van der Waals surface area contributed by atoms with Crippen LogP contribution in [0.3, 0.4) is 0 Å². The summed E-state index contributed by atoms with van der Waals surface area (Å²) in [5, 5.41) is 10.2. The summed E-state index contributed by atoms with van der Waals surface area (Å²) in [7, 11) is 0. The summed E-state index contributed by atoms with van der Waals surface area (Å²) < 4.78 is 78.4. The van der Waals surface area contributed by atoms with E-state index in [9.17, 15) is 31.1 Å². The summed E-state index contributed by atoms with van der Waals surface area (Å²) in [6, 6.07) is 3.24. The molecule has 1 unspecified atom stereocenters. The molecule has 3 aromatic heterocycles. The number of carbonyl (C=O) groups excluding carboxylic acids is 1. The summed E-state index contributed by atoms with van der Waals surface area (Å²) in [6.07, 6.45) is -7.27. The first-order valence-corrected chi connectivity index (χ1v) is 8.99. The van der Waals surface area contributed by atoms with Crippen molar-refractivity contribution >= 4 is 5.91 Å². The lowest BCUT2D eigenvalue weighted by molar-refractivity contribution is -0.212. The highest BCUT2D eigenvalue weighted by molar-refractivity contribution is 5.95. The fourth-order valence-electron chi connectivity index (χ4n) is 3.37. The van der Waals surface area contributed by atoms with Gasteiger partial charge in [-0.2, -0.15) is 28.1 Å². The van der Waals surface area contributed by atoms with Gasteiger partial charge in [0.1, 0.15) is 5.69 Å². The van der Waals surface area contributed by atoms with Crippen molar-refractivity contribution in [2.75, 3.05) is 0 Å². The maximum Gasteiger partial charge on any atom is 0.504 e. The molecular formula is C18H14F6N6O. The van der Waals surface area contributed by atoms with Gasteiger partial charge in [0, 0.05) is 24.5 Å². The number of carbonyl (C=O) groups is 1. The van der Waals surface area contributed by atoms with Gasteiger partial charge < -0.3 is 5.32 Å². The Bertz CT molecular complexity index is 1150. The lowest BCUT2D eigenvalue weighted by Crippen LogP contribution is -2.27. The second kappa shape index (κ2) is 7.10. The average Bonchev–Trinajstić information content (AvgIpc) is 3.36. The summed E-state index contributed by atoms with van der Waals surface area (Å²) >= 11 is 0. The molecule has 0 radical (unpaired) electrons. The van der Waals surface area contributed by atoms with Crippen LogP contribution in [0.5, 0.6) is 0 Å². The monoisotopic (exact) mass is 444 g/mol. The molecule has 3 aromatic rings. The van der Waals surface area contributed by atoms with Crippen LogP contribution < -0.4 is 5.32 Å². The van der Waals surface area contributed by atoms with E-state index in [2.05, 4.69) is 20.5 Å². The van der Waals surface area contributed by atoms with Gasteiger partial charge in [0.05, 0.1) is 28.7 Å². The predicted molar refractivity (Wildman–Crippen MR) is 93.5 cm³/mol. The molecule has 0 saturated carbocycles. The Balaban J connectivity index is 1.56. The maximum atomic E-state index is 12.9. The van der Waals surface area contributed by atoms with Gasteiger partial charge in [-0.1, -0.05) is 0 Å². The van der Waals surface area contributed by atoms with Gasteiger partial charge in [0.2, 0.25) is 0 Å². The van der Waals surface area contributed by atoms with Crippen molar-refractivity contribution in [3.63, 3.8) is 0 Å². The third-order valence-corrected chi connectivity index (χ3v) is 4.85. The average molecular weight is 444 g/mol. The van der Waals surface area contributed by atoms with Crippen molar-refractivity contribution in [1.82, 2.24) is 29.9 Å². The number of aromatic nitrogens is 5. The largest absolute Gasteiger partial charge is 0.504 e. The van der Waals surface area contributed by atoms with E-state index in [1.54, 1.807) is 10.7 Å². The normalized spacial score (nSPS) is 16.4. The zero-order chi connectivity index (χ0) is 22.6. The Morgan fingerprint density at radius 2 is 1.90 bits per heavy atom. The smallest absolute Gasteiger partial charge is 0.343 e. The number of pyridine rings is 1. The number of fused-ring (bicyclic) bond motifs is 1. The van der Waals surface area contributed by atoms with Crippen LogP contribution in [0.15, 0.2) is 30.6 Å². The zero-order valence-electron chi connectivity index (χ0n) is 15.8. The van der Waals surface area contributed by atoms with Crippen LogP contribution in [-0.4, -0.2) is 30.5 Å². The number of halogens is 6. The van der Waals surface area contributed by atoms with Crippen molar-refractivity contribution < 1.29 is 31.1 Å². The van der Waals surface area contributed by atoms with Crippen LogP contribution in [0.1, 0.15) is 39.9 Å². The number of amides is 1. The Kier molecular flexibility index (Phi) is 4.78. The fraction of sp³-hybridized carbons (Fsp3) is 0.333. The molecule has 0 spiro atoms. The van der Waals surface area contributed by atoms with Crippen molar-refractivity contribution in [3.05, 3.63) is 53.2 Å². The summed E-state index contributed by atoms with van der Waals surface area (Å²) in [5.41, 5.74) is -0.354. The third-order valence-electron chi connectivity index (χ3n) is 4.85. The van der Waals surface area contributed by atoms with E-state index in [0.29, 0.717) is 24.9 Å². The van der Waals surface area contributed by atoms with Gasteiger partial charge in [-0.25, -0.2) is 0 Å². The zero-order valence-corrected chi connectivity index (χ0v) is 15.8. The van der Waals surface area contributed by atoms with Gasteiger partial charge in [-0.15, -0.1) is 13.2 Å². The molecule has 0 bridgehead atoms. The lowest BCUT2D eigenvalue weighted by Gasteiger charge is -2.11. The van der Waals surface area contributed by atoms with E-state index in [-0.39, 0.29) is 27.2 Å². The first-order chi connectivity index (χ1) is 14.4. The van der Waals surface area contributed by atoms with E-state index in [4.69, 9.17) is 0 Å². The number of rotatable bonds is 3. The van der Waals surface area contributed by atoms with Crippen LogP contribution in [0, 0.1) is 6.92 Å². The molecule has 1 atom stereocenters. The molecule has 13 heteroatoms. The van der Waals surface area contributed by atoms with E-state index in [1.165, 1.54) is 13.0 Å². The topological polar surface area (TPSA) is 77.6 Å². The molecule has 1 aliphatic heterocycles. The summed E-state index contributed by atoms with van der Waals surface area (Å²) in [6.45, 7) is 1.67. The van der Waals surface area contributed by atoms with E-state index < -0.39 is 30.1 Å². The Morgan fingerprint density at radius 1 is 1.16 bits per heavy atom. The lowest BCUT2D eigenvalue weighted by atomic mass is 10.1. The molecule has 0 aromatic carbocycles. The van der Waals surface area contributed by atoms with E-state index in [0.717, 1.165) is 12.3 Å². The van der Waals surface area contributed by atoms with Crippen LogP contribution >= 0.6 is 0 Å². The first-order valence-electron chi connectivity index (χ1n) is 8.99. The van der Waals surface area contributed by atoms with Gasteiger partial charge >= 0.3 is 12.5 Å². The highest BCUT2D eigenvalue weighted by Gasteiger charge is 2.35. The molecule has 0 aliphatic carbocycles. The summed E-state index contributed by atoms with van der Waals surface area (Å²) in [4.78, 5) is 15.8. The molecule has 1 amide bonds. The minimum absolute atomic E-state index is 0.0847. The van der Waals surface area contributed by atoms with Crippen LogP contribution in [0.4, 0.5) is 26.3 Å². The molecule has 4 rings (SSSR count). The van der Waals surface area contributed by atoms with E-state index >= 15 is 0 Å². The highest BCUT2D eigenvalue weighted by Crippen LogP contribution is 2.33. The Morgan fingerprint density at radius 3 is 2.55 bits per heavy atom. The predicted octanol–water partition coefficient (Wildman–Crippen LogP) is 3.82. The molecule has 0 saturated heterocycles. The highest BCUT2D eigenvalue weighted by atomic mass is 19.4. The van der Waals surface area contributed by atoms with Gasteiger partial charge in [-0.05, 0) is 31.5 Å². The van der Waals surface area contributed by atoms with Crippen molar-refractivity contribution in [2.24, 2.45) is 0 Å². The number of hydrogen-bond acceptors (Lipinski definition) is 4. The van der Waals surface area contributed by atoms with Crippen molar-refractivity contribution in [3.8, 4) is 11.3 Å². The molecular weight excluding hydrogens is 430 g/mol. The number of nitrogens with one attached hydrogen (secondary N) is 1. The van der Waals surface area contributed by atoms with Crippen LogP contribution in [0.25, 0.3) is 11.3 Å². The minimum Gasteiger partial charge on any atom is -0.343 e. The molecule has 31 heavy (non-hydrogen) atoms. The SMILES string of the molecule is Cc1nn(C(F)(F)F)cc1C(=O)NC1CCn2nc(-c3ccnc(C(F)(F)F)c3)cc21. The van der Waals surface area contributed by atoms with Crippen molar-refractivity contribution in [2.45, 2.75) is 38.4 Å². The fourth-order valence-corrected chi connectivity index (χ4v) is 3.37. The molecule has 0 fully saturated rings. The number of nitrogens with zero attached hydrogens (tertiary/aromatic N) is 5. The minimum atomic E-state index is -4.75. The first kappa shape index (κ1) is 20.9. The van der Waals surface area contributed by atoms with Crippen LogP contribution in [-0.2, 0) is 19.0 Å². The number of hydrogen-bond donors (Lipinski definition) is 1. The molecule has 1 aliphatic rings. The second-order valence-electron chi connectivity index (χ2n) is 6.96. The second-order valence-corrected chi connectivity index (χ2v) is 6.96. The standard InChI is InChI=1S/C18H14F6N6O/c1-9-11(8-30(27-9)18(22,23)24)16(31)26-12-3-5-29-14(12)7-13(28-29)10-2-4-25-15(6-10)17(19,20)21/h2,4,6-8,12H,3,5H2,1H3,(H,26,31). The Hall–Kier alpha value is -3.38. The van der Waals surface area contributed by atoms with E-state index in [1.807, 2.05) is 0 Å². The third kappa shape index (κ3) is 3.99.